The minimum absolute atomic E-state index is 1.06. The van der Waals surface area contributed by atoms with Crippen molar-refractivity contribution in [2.75, 3.05) is 5.32 Å². The maximum Gasteiger partial charge on any atom is 0.0619 e. The summed E-state index contributed by atoms with van der Waals surface area (Å²) in [7, 11) is 0. The number of nitrogens with one attached hydrogen (secondary N) is 1. The van der Waals surface area contributed by atoms with E-state index in [0.29, 0.717) is 0 Å². The highest BCUT2D eigenvalue weighted by atomic mass is 15.0. The van der Waals surface area contributed by atoms with Gasteiger partial charge in [0.15, 0.2) is 0 Å². The number of hydrogen-bond acceptors (Lipinski definition) is 1. The molecule has 0 saturated carbocycles. The normalized spacial score (nSPS) is 11.6. The first-order valence-electron chi connectivity index (χ1n) is 17.2. The van der Waals surface area contributed by atoms with Crippen LogP contribution in [0.3, 0.4) is 0 Å². The Labute approximate surface area is 290 Å². The molecule has 9 aromatic carbocycles. The van der Waals surface area contributed by atoms with Crippen molar-refractivity contribution < 1.29 is 0 Å². The van der Waals surface area contributed by atoms with Crippen molar-refractivity contribution >= 4 is 65.5 Å². The van der Waals surface area contributed by atoms with Crippen LogP contribution < -0.4 is 5.32 Å². The molecule has 10 aromatic rings. The number of benzene rings is 9. The zero-order valence-electron chi connectivity index (χ0n) is 27.3. The van der Waals surface area contributed by atoms with E-state index in [0.717, 1.165) is 11.4 Å². The molecule has 2 nitrogen and oxygen atoms in total. The van der Waals surface area contributed by atoms with E-state index in [2.05, 4.69) is 198 Å². The maximum absolute atomic E-state index is 3.60. The van der Waals surface area contributed by atoms with Gasteiger partial charge >= 0.3 is 0 Å². The smallest absolute Gasteiger partial charge is 0.0619 e. The Kier molecular flexibility index (Phi) is 6.53. The lowest BCUT2D eigenvalue weighted by Gasteiger charge is -2.11. The van der Waals surface area contributed by atoms with Gasteiger partial charge in [-0.3, -0.25) is 0 Å². The van der Waals surface area contributed by atoms with Gasteiger partial charge in [-0.2, -0.15) is 0 Å². The van der Waals surface area contributed by atoms with E-state index < -0.39 is 0 Å². The summed E-state index contributed by atoms with van der Waals surface area (Å²) in [5.74, 6) is 0. The first kappa shape index (κ1) is 28.4. The number of rotatable bonds is 5. The lowest BCUT2D eigenvalue weighted by atomic mass is 9.97. The van der Waals surface area contributed by atoms with Gasteiger partial charge in [-0.15, -0.1) is 0 Å². The van der Waals surface area contributed by atoms with Gasteiger partial charge in [0.05, 0.1) is 11.0 Å². The zero-order valence-corrected chi connectivity index (χ0v) is 27.3. The fourth-order valence-corrected chi connectivity index (χ4v) is 7.65. The molecule has 0 saturated heterocycles. The fourth-order valence-electron chi connectivity index (χ4n) is 7.65. The van der Waals surface area contributed by atoms with Crippen LogP contribution >= 0.6 is 0 Å². The van der Waals surface area contributed by atoms with Crippen LogP contribution in [0.2, 0.25) is 0 Å². The third kappa shape index (κ3) is 4.73. The molecule has 0 amide bonds. The number of nitrogens with zero attached hydrogens (tertiary/aromatic N) is 1. The average molecular weight is 637 g/mol. The van der Waals surface area contributed by atoms with Gasteiger partial charge in [-0.25, -0.2) is 0 Å². The largest absolute Gasteiger partial charge is 0.356 e. The third-order valence-electron chi connectivity index (χ3n) is 10.1. The van der Waals surface area contributed by atoms with E-state index >= 15 is 0 Å². The Morgan fingerprint density at radius 2 is 0.820 bits per heavy atom. The molecule has 1 N–H and O–H groups in total. The molecule has 2 heteroatoms. The molecule has 1 aromatic heterocycles. The van der Waals surface area contributed by atoms with Gasteiger partial charge in [0.2, 0.25) is 0 Å². The van der Waals surface area contributed by atoms with Crippen molar-refractivity contribution in [1.82, 2.24) is 4.57 Å². The quantitative estimate of drug-likeness (QED) is 0.186. The van der Waals surface area contributed by atoms with Gasteiger partial charge in [0.1, 0.15) is 0 Å². The topological polar surface area (TPSA) is 17.0 Å². The predicted octanol–water partition coefficient (Wildman–Crippen LogP) is 13.3. The Morgan fingerprint density at radius 1 is 0.320 bits per heavy atom. The van der Waals surface area contributed by atoms with E-state index in [4.69, 9.17) is 0 Å². The minimum atomic E-state index is 1.06. The lowest BCUT2D eigenvalue weighted by molar-refractivity contribution is 1.19. The molecule has 0 aliphatic rings. The molecule has 0 aliphatic carbocycles. The Hall–Kier alpha value is -6.64. The van der Waals surface area contributed by atoms with E-state index in [1.807, 2.05) is 0 Å². The molecule has 0 bridgehead atoms. The molecular formula is C48H32N2. The number of fused-ring (bicyclic) bond motifs is 8. The summed E-state index contributed by atoms with van der Waals surface area (Å²) in [6.07, 6.45) is 0. The average Bonchev–Trinajstić information content (AvgIpc) is 3.53. The van der Waals surface area contributed by atoms with Gasteiger partial charge in [0, 0.05) is 33.2 Å². The first-order chi connectivity index (χ1) is 24.8. The number of aromatic nitrogens is 1. The first-order valence-corrected chi connectivity index (χ1v) is 17.2. The Balaban J connectivity index is 0.948. The van der Waals surface area contributed by atoms with Crippen LogP contribution in [0.1, 0.15) is 0 Å². The molecular weight excluding hydrogens is 605 g/mol. The summed E-state index contributed by atoms with van der Waals surface area (Å²) in [5.41, 5.74) is 10.6. The molecule has 0 atom stereocenters. The van der Waals surface area contributed by atoms with Crippen LogP contribution in [0.5, 0.6) is 0 Å². The minimum Gasteiger partial charge on any atom is -0.356 e. The van der Waals surface area contributed by atoms with E-state index in [9.17, 15) is 0 Å². The SMILES string of the molecule is c1ccc(-n2c3cc(-c4ccc(Nc5ccc(-c6ccc7c(ccc8ccccc87)c6)cc5)cc4)ccc3c3ccc4ccccc4c32)cc1. The van der Waals surface area contributed by atoms with E-state index in [-0.39, 0.29) is 0 Å². The van der Waals surface area contributed by atoms with E-state index in [1.54, 1.807) is 0 Å². The van der Waals surface area contributed by atoms with Gasteiger partial charge in [-0.05, 0) is 97.7 Å². The molecule has 0 radical (unpaired) electrons. The summed E-state index contributed by atoms with van der Waals surface area (Å²) < 4.78 is 2.43. The molecule has 234 valence electrons. The second kappa shape index (κ2) is 11.5. The monoisotopic (exact) mass is 636 g/mol. The van der Waals surface area contributed by atoms with Crippen molar-refractivity contribution in [2.24, 2.45) is 0 Å². The molecule has 1 heterocycles. The van der Waals surface area contributed by atoms with Crippen LogP contribution in [0.4, 0.5) is 11.4 Å². The number of anilines is 2. The second-order valence-corrected chi connectivity index (χ2v) is 13.1. The van der Waals surface area contributed by atoms with Crippen molar-refractivity contribution in [3.05, 3.63) is 188 Å². The van der Waals surface area contributed by atoms with Gasteiger partial charge < -0.3 is 9.88 Å². The Morgan fingerprint density at radius 3 is 1.54 bits per heavy atom. The predicted molar refractivity (Wildman–Crippen MR) is 214 cm³/mol. The lowest BCUT2D eigenvalue weighted by Crippen LogP contribution is -1.94. The molecule has 0 unspecified atom stereocenters. The summed E-state index contributed by atoms with van der Waals surface area (Å²) in [5, 5.41) is 13.8. The standard InChI is InChI=1S/C48H32N2/c1-2-10-41(11-3-1)50-47-31-37(22-28-45(47)46-29-20-35-9-5-7-13-44(35)48(46)50)33-18-25-40(26-19-33)49-39-23-16-32(17-24-39)36-21-27-43-38(30-36)15-14-34-8-4-6-12-42(34)43/h1-31,49H. The van der Waals surface area contributed by atoms with E-state index in [1.165, 1.54) is 82.1 Å². The fraction of sp³-hybridized carbons (Fsp3) is 0. The summed E-state index contributed by atoms with van der Waals surface area (Å²) >= 11 is 0. The summed E-state index contributed by atoms with van der Waals surface area (Å²) in [6.45, 7) is 0. The highest BCUT2D eigenvalue weighted by Gasteiger charge is 2.16. The van der Waals surface area contributed by atoms with Crippen molar-refractivity contribution in [3.8, 4) is 27.9 Å². The number of hydrogen-bond donors (Lipinski definition) is 1. The molecule has 0 spiro atoms. The van der Waals surface area contributed by atoms with Crippen LogP contribution in [-0.2, 0) is 0 Å². The summed E-state index contributed by atoms with van der Waals surface area (Å²) in [4.78, 5) is 0. The highest BCUT2D eigenvalue weighted by molar-refractivity contribution is 6.19. The Bertz CT molecular complexity index is 2860. The molecule has 10 rings (SSSR count). The van der Waals surface area contributed by atoms with Gasteiger partial charge in [-0.1, -0.05) is 140 Å². The molecule has 0 aliphatic heterocycles. The van der Waals surface area contributed by atoms with Crippen LogP contribution in [0.25, 0.3) is 82.1 Å². The van der Waals surface area contributed by atoms with Crippen molar-refractivity contribution in [1.29, 1.82) is 0 Å². The van der Waals surface area contributed by atoms with Crippen molar-refractivity contribution in [2.45, 2.75) is 0 Å². The second-order valence-electron chi connectivity index (χ2n) is 13.1. The van der Waals surface area contributed by atoms with Crippen LogP contribution in [-0.4, -0.2) is 4.57 Å². The summed E-state index contributed by atoms with van der Waals surface area (Å²) in [6, 6.07) is 68.1. The third-order valence-corrected chi connectivity index (χ3v) is 10.1. The van der Waals surface area contributed by atoms with Gasteiger partial charge in [0.25, 0.3) is 0 Å². The zero-order chi connectivity index (χ0) is 33.0. The van der Waals surface area contributed by atoms with Crippen molar-refractivity contribution in [3.63, 3.8) is 0 Å². The van der Waals surface area contributed by atoms with Crippen LogP contribution in [0.15, 0.2) is 188 Å². The highest BCUT2D eigenvalue weighted by Crippen LogP contribution is 2.39. The maximum atomic E-state index is 3.60. The molecule has 50 heavy (non-hydrogen) atoms. The number of para-hydroxylation sites is 1. The molecule has 0 fully saturated rings. The van der Waals surface area contributed by atoms with Crippen LogP contribution in [0, 0.1) is 0 Å².